The molecule has 1 nitrogen and oxygen atoms in total. The van der Waals surface area contributed by atoms with Crippen molar-refractivity contribution in [3.8, 4) is 0 Å². The summed E-state index contributed by atoms with van der Waals surface area (Å²) in [6.07, 6.45) is 2.44. The van der Waals surface area contributed by atoms with Crippen molar-refractivity contribution in [2.24, 2.45) is 22.7 Å². The molecule has 27 heavy (non-hydrogen) atoms. The lowest BCUT2D eigenvalue weighted by Gasteiger charge is -2.42. The van der Waals surface area contributed by atoms with Crippen LogP contribution in [0.15, 0.2) is 24.3 Å². The van der Waals surface area contributed by atoms with Gasteiger partial charge in [-0.05, 0) is 57.5 Å². The molecule has 0 bridgehead atoms. The fourth-order valence-electron chi connectivity index (χ4n) is 4.86. The minimum atomic E-state index is 0.178. The van der Waals surface area contributed by atoms with E-state index < -0.39 is 0 Å². The Morgan fingerprint density at radius 3 is 1.78 bits per heavy atom. The van der Waals surface area contributed by atoms with Gasteiger partial charge in [-0.15, -0.1) is 0 Å². The molecule has 154 valence electrons. The van der Waals surface area contributed by atoms with E-state index in [1.54, 1.807) is 0 Å². The van der Waals surface area contributed by atoms with Crippen LogP contribution in [0.25, 0.3) is 0 Å². The van der Waals surface area contributed by atoms with Crippen LogP contribution in [0.3, 0.4) is 0 Å². The maximum Gasteiger partial charge on any atom is 0.0503 e. The molecule has 0 aliphatic carbocycles. The monoisotopic (exact) mass is 372 g/mol. The zero-order chi connectivity index (χ0) is 20.7. The minimum Gasteiger partial charge on any atom is -0.381 e. The van der Waals surface area contributed by atoms with Crippen LogP contribution in [-0.4, -0.2) is 13.2 Å². The molecule has 2 atom stereocenters. The molecule has 1 aliphatic rings. The summed E-state index contributed by atoms with van der Waals surface area (Å²) in [5, 5.41) is 0. The van der Waals surface area contributed by atoms with Gasteiger partial charge in [0.2, 0.25) is 0 Å². The van der Waals surface area contributed by atoms with Crippen LogP contribution in [0.2, 0.25) is 0 Å². The van der Waals surface area contributed by atoms with Gasteiger partial charge in [0.25, 0.3) is 0 Å². The van der Waals surface area contributed by atoms with Crippen molar-refractivity contribution < 1.29 is 4.74 Å². The third-order valence-corrected chi connectivity index (χ3v) is 7.06. The minimum absolute atomic E-state index is 0.178. The van der Waals surface area contributed by atoms with E-state index in [9.17, 15) is 0 Å². The summed E-state index contributed by atoms with van der Waals surface area (Å²) in [5.74, 6) is 1.30. The second-order valence-corrected chi connectivity index (χ2v) is 12.3. The lowest BCUT2D eigenvalue weighted by atomic mass is 9.62. The second kappa shape index (κ2) is 7.54. The quantitative estimate of drug-likeness (QED) is 0.524. The molecule has 1 fully saturated rings. The van der Waals surface area contributed by atoms with E-state index in [1.807, 2.05) is 0 Å². The Labute approximate surface area is 169 Å². The van der Waals surface area contributed by atoms with E-state index in [-0.39, 0.29) is 10.8 Å². The SMILES string of the molecule is CC(C)(C)c1ccccc1C(C)(C)CCC(C)(C)C1COCC1C(C)(C)C. The van der Waals surface area contributed by atoms with Gasteiger partial charge in [0.15, 0.2) is 0 Å². The van der Waals surface area contributed by atoms with Crippen molar-refractivity contribution in [2.75, 3.05) is 13.2 Å². The lowest BCUT2D eigenvalue weighted by molar-refractivity contribution is 0.0870. The molecule has 0 saturated carbocycles. The molecule has 0 spiro atoms. The van der Waals surface area contributed by atoms with Crippen LogP contribution < -0.4 is 0 Å². The molecule has 0 radical (unpaired) electrons. The summed E-state index contributed by atoms with van der Waals surface area (Å²) < 4.78 is 5.96. The number of ether oxygens (including phenoxy) is 1. The fourth-order valence-corrected chi connectivity index (χ4v) is 4.86. The number of benzene rings is 1. The van der Waals surface area contributed by atoms with Crippen LogP contribution in [0, 0.1) is 22.7 Å². The van der Waals surface area contributed by atoms with E-state index in [2.05, 4.69) is 93.5 Å². The average Bonchev–Trinajstić information content (AvgIpc) is 3.03. The molecule has 1 saturated heterocycles. The Morgan fingerprint density at radius 1 is 0.741 bits per heavy atom. The first-order valence-electron chi connectivity index (χ1n) is 10.8. The van der Waals surface area contributed by atoms with E-state index in [0.29, 0.717) is 22.7 Å². The zero-order valence-corrected chi connectivity index (χ0v) is 19.7. The number of hydrogen-bond donors (Lipinski definition) is 0. The highest BCUT2D eigenvalue weighted by atomic mass is 16.5. The first-order chi connectivity index (χ1) is 12.2. The summed E-state index contributed by atoms with van der Waals surface area (Å²) in [5.41, 5.74) is 3.97. The van der Waals surface area contributed by atoms with E-state index in [0.717, 1.165) is 13.2 Å². The average molecular weight is 373 g/mol. The van der Waals surface area contributed by atoms with Gasteiger partial charge in [0, 0.05) is 0 Å². The standard InChI is InChI=1S/C26H44O/c1-23(2,3)19-13-11-12-14-20(19)25(7,8)15-16-26(9,10)22-18-27-17-21(22)24(4,5)6/h11-14,21-22H,15-18H2,1-10H3. The van der Waals surface area contributed by atoms with E-state index in [1.165, 1.54) is 24.0 Å². The van der Waals surface area contributed by atoms with E-state index >= 15 is 0 Å². The first kappa shape index (κ1) is 22.5. The molecule has 2 rings (SSSR count). The van der Waals surface area contributed by atoms with E-state index in [4.69, 9.17) is 4.74 Å². The Balaban J connectivity index is 2.20. The van der Waals surface area contributed by atoms with Crippen LogP contribution in [0.4, 0.5) is 0 Å². The molecule has 1 heteroatoms. The highest BCUT2D eigenvalue weighted by molar-refractivity contribution is 5.37. The zero-order valence-electron chi connectivity index (χ0n) is 19.7. The molecule has 0 amide bonds. The van der Waals surface area contributed by atoms with Crippen LogP contribution in [0.1, 0.15) is 93.2 Å². The van der Waals surface area contributed by atoms with Crippen molar-refractivity contribution >= 4 is 0 Å². The molecule has 0 N–H and O–H groups in total. The topological polar surface area (TPSA) is 9.23 Å². The molecule has 1 aliphatic heterocycles. The summed E-state index contributed by atoms with van der Waals surface area (Å²) in [7, 11) is 0. The van der Waals surface area contributed by atoms with Crippen molar-refractivity contribution in [1.29, 1.82) is 0 Å². The first-order valence-corrected chi connectivity index (χ1v) is 10.8. The van der Waals surface area contributed by atoms with Crippen LogP contribution >= 0.6 is 0 Å². The molecule has 1 aromatic carbocycles. The third kappa shape index (κ3) is 5.17. The van der Waals surface area contributed by atoms with Crippen molar-refractivity contribution in [3.63, 3.8) is 0 Å². The second-order valence-electron chi connectivity index (χ2n) is 12.3. The number of hydrogen-bond acceptors (Lipinski definition) is 1. The largest absolute Gasteiger partial charge is 0.381 e. The molecular formula is C26H44O. The van der Waals surface area contributed by atoms with Crippen LogP contribution in [-0.2, 0) is 15.6 Å². The predicted octanol–water partition coefficient (Wildman–Crippen LogP) is 7.38. The lowest BCUT2D eigenvalue weighted by Crippen LogP contribution is -2.37. The molecule has 1 heterocycles. The highest BCUT2D eigenvalue weighted by Crippen LogP contribution is 2.49. The summed E-state index contributed by atoms with van der Waals surface area (Å²) in [6.45, 7) is 25.8. The molecule has 1 aromatic rings. The van der Waals surface area contributed by atoms with Crippen molar-refractivity contribution in [3.05, 3.63) is 35.4 Å². The summed E-state index contributed by atoms with van der Waals surface area (Å²) in [6, 6.07) is 9.07. The smallest absolute Gasteiger partial charge is 0.0503 e. The van der Waals surface area contributed by atoms with Gasteiger partial charge in [-0.2, -0.15) is 0 Å². The van der Waals surface area contributed by atoms with Crippen molar-refractivity contribution in [2.45, 2.75) is 92.9 Å². The maximum atomic E-state index is 5.96. The van der Waals surface area contributed by atoms with Gasteiger partial charge >= 0.3 is 0 Å². The molecule has 0 aromatic heterocycles. The predicted molar refractivity (Wildman–Crippen MR) is 118 cm³/mol. The Kier molecular flexibility index (Phi) is 6.28. The number of rotatable bonds is 5. The fraction of sp³-hybridized carbons (Fsp3) is 0.769. The van der Waals surface area contributed by atoms with Gasteiger partial charge in [0.05, 0.1) is 13.2 Å². The normalized spacial score (nSPS) is 22.3. The van der Waals surface area contributed by atoms with Gasteiger partial charge in [-0.25, -0.2) is 0 Å². The van der Waals surface area contributed by atoms with Gasteiger partial charge in [-0.1, -0.05) is 93.5 Å². The maximum absolute atomic E-state index is 5.96. The Hall–Kier alpha value is -0.820. The highest BCUT2D eigenvalue weighted by Gasteiger charge is 2.45. The third-order valence-electron chi connectivity index (χ3n) is 7.06. The Morgan fingerprint density at radius 2 is 1.26 bits per heavy atom. The summed E-state index contributed by atoms with van der Waals surface area (Å²) in [4.78, 5) is 0. The van der Waals surface area contributed by atoms with Gasteiger partial charge in [0.1, 0.15) is 0 Å². The molecule has 2 unspecified atom stereocenters. The van der Waals surface area contributed by atoms with Crippen molar-refractivity contribution in [1.82, 2.24) is 0 Å². The summed E-state index contributed by atoms with van der Waals surface area (Å²) >= 11 is 0. The van der Waals surface area contributed by atoms with Crippen LogP contribution in [0.5, 0.6) is 0 Å². The molecular weight excluding hydrogens is 328 g/mol. The Bertz CT molecular complexity index is 624. The van der Waals surface area contributed by atoms with Gasteiger partial charge in [-0.3, -0.25) is 0 Å². The van der Waals surface area contributed by atoms with Gasteiger partial charge < -0.3 is 4.74 Å².